The molecule has 176 valence electrons. The quantitative estimate of drug-likeness (QED) is 0.412. The highest BCUT2D eigenvalue weighted by Crippen LogP contribution is 2.39. The molecule has 1 N–H and O–H groups in total. The molecule has 0 saturated heterocycles. The largest absolute Gasteiger partial charge is 0.451 e. The molecule has 0 aliphatic heterocycles. The van der Waals surface area contributed by atoms with Crippen molar-refractivity contribution in [2.45, 2.75) is 11.1 Å². The van der Waals surface area contributed by atoms with Gasteiger partial charge in [0.1, 0.15) is 5.58 Å². The number of benzene rings is 3. The van der Waals surface area contributed by atoms with Crippen molar-refractivity contribution < 1.29 is 30.8 Å². The molecule has 10 heteroatoms. The van der Waals surface area contributed by atoms with Gasteiger partial charge in [-0.1, -0.05) is 48.5 Å². The molecule has 1 amide bonds. The summed E-state index contributed by atoms with van der Waals surface area (Å²) in [7, 11) is -1.25. The fourth-order valence-electron chi connectivity index (χ4n) is 3.51. The third kappa shape index (κ3) is 4.49. The van der Waals surface area contributed by atoms with E-state index >= 15 is 0 Å². The number of amides is 1. The van der Waals surface area contributed by atoms with Crippen molar-refractivity contribution in [3.05, 3.63) is 84.1 Å². The molecule has 4 rings (SSSR count). The predicted octanol–water partition coefficient (Wildman–Crippen LogP) is 5.30. The first-order chi connectivity index (χ1) is 16.0. The maximum atomic E-state index is 13.6. The van der Waals surface area contributed by atoms with Gasteiger partial charge in [-0.25, -0.2) is 13.1 Å². The predicted molar refractivity (Wildman–Crippen MR) is 122 cm³/mol. The van der Waals surface area contributed by atoms with E-state index in [0.29, 0.717) is 11.1 Å². The van der Waals surface area contributed by atoms with E-state index in [1.54, 1.807) is 56.6 Å². The zero-order valence-electron chi connectivity index (χ0n) is 18.1. The van der Waals surface area contributed by atoms with E-state index in [1.807, 2.05) is 4.72 Å². The highest BCUT2D eigenvalue weighted by atomic mass is 32.2. The van der Waals surface area contributed by atoms with Gasteiger partial charge in [0.05, 0.1) is 10.5 Å². The van der Waals surface area contributed by atoms with Gasteiger partial charge in [0.25, 0.3) is 10.0 Å². The lowest BCUT2D eigenvalue weighted by molar-refractivity contribution is -0.136. The number of hydrogen-bond acceptors (Lipinski definition) is 5. The van der Waals surface area contributed by atoms with E-state index in [1.165, 1.54) is 23.1 Å². The summed E-state index contributed by atoms with van der Waals surface area (Å²) in [6.07, 6.45) is -4.71. The van der Waals surface area contributed by atoms with Gasteiger partial charge in [-0.2, -0.15) is 13.2 Å². The van der Waals surface area contributed by atoms with Gasteiger partial charge in [-0.05, 0) is 23.8 Å². The monoisotopic (exact) mass is 488 g/mol. The highest BCUT2D eigenvalue weighted by Gasteiger charge is 2.35. The molecular formula is C24H19F3N2O4S. The van der Waals surface area contributed by atoms with E-state index in [-0.39, 0.29) is 21.6 Å². The Labute approximate surface area is 193 Å². The summed E-state index contributed by atoms with van der Waals surface area (Å²) < 4.78 is 74.2. The number of fused-ring (bicyclic) bond motifs is 1. The number of carbonyl (C=O) groups excluding carboxylic acids is 1. The smallest absolute Gasteiger partial charge is 0.417 e. The molecule has 1 aromatic heterocycles. The highest BCUT2D eigenvalue weighted by molar-refractivity contribution is 7.90. The van der Waals surface area contributed by atoms with Crippen LogP contribution < -0.4 is 9.62 Å². The second-order valence-electron chi connectivity index (χ2n) is 7.70. The van der Waals surface area contributed by atoms with E-state index in [9.17, 15) is 26.4 Å². The summed E-state index contributed by atoms with van der Waals surface area (Å²) in [5.41, 5.74) is 0.0127. The number of nitrogens with one attached hydrogen (secondary N) is 1. The number of furan rings is 1. The Morgan fingerprint density at radius 1 is 0.941 bits per heavy atom. The first-order valence-electron chi connectivity index (χ1n) is 10.0. The topological polar surface area (TPSA) is 79.6 Å². The van der Waals surface area contributed by atoms with Crippen molar-refractivity contribution in [2.75, 3.05) is 19.0 Å². The van der Waals surface area contributed by atoms with Gasteiger partial charge in [0.2, 0.25) is 0 Å². The van der Waals surface area contributed by atoms with Crippen molar-refractivity contribution in [1.82, 2.24) is 4.72 Å². The number of sulfonamides is 1. The second-order valence-corrected chi connectivity index (χ2v) is 9.36. The average Bonchev–Trinajstić information content (AvgIpc) is 3.22. The van der Waals surface area contributed by atoms with Crippen LogP contribution in [-0.4, -0.2) is 28.4 Å². The molecule has 0 spiro atoms. The minimum absolute atomic E-state index is 0.156. The number of rotatable bonds is 5. The Hall–Kier alpha value is -3.79. The Bertz CT molecular complexity index is 1480. The van der Waals surface area contributed by atoms with Crippen molar-refractivity contribution >= 4 is 32.6 Å². The normalized spacial score (nSPS) is 12.0. The van der Waals surface area contributed by atoms with Crippen LogP contribution in [0.5, 0.6) is 0 Å². The molecule has 0 aliphatic rings. The van der Waals surface area contributed by atoms with Crippen LogP contribution in [0.25, 0.3) is 22.1 Å². The molecule has 0 atom stereocenters. The molecule has 0 aliphatic carbocycles. The van der Waals surface area contributed by atoms with Gasteiger partial charge in [0.15, 0.2) is 5.76 Å². The van der Waals surface area contributed by atoms with E-state index in [0.717, 1.165) is 12.1 Å². The molecular weight excluding hydrogens is 469 g/mol. The number of nitrogens with zero attached hydrogens (tertiary/aromatic N) is 1. The van der Waals surface area contributed by atoms with Crippen molar-refractivity contribution in [2.24, 2.45) is 0 Å². The SMILES string of the molecule is CN(C)c1cc(C(F)(F)F)c2cc(C(=O)NS(=O)(=O)c3ccccc3-c3ccccc3)oc2c1. The summed E-state index contributed by atoms with van der Waals surface area (Å²) in [5.74, 6) is -1.74. The fourth-order valence-corrected chi connectivity index (χ4v) is 4.70. The Morgan fingerprint density at radius 3 is 2.24 bits per heavy atom. The maximum absolute atomic E-state index is 13.6. The van der Waals surface area contributed by atoms with Crippen molar-refractivity contribution in [3.63, 3.8) is 0 Å². The third-order valence-corrected chi connectivity index (χ3v) is 6.55. The van der Waals surface area contributed by atoms with E-state index in [4.69, 9.17) is 4.42 Å². The molecule has 0 fully saturated rings. The van der Waals surface area contributed by atoms with Gasteiger partial charge in [-0.3, -0.25) is 4.79 Å². The first-order valence-corrected chi connectivity index (χ1v) is 11.5. The minimum Gasteiger partial charge on any atom is -0.451 e. The second kappa shape index (κ2) is 8.53. The number of anilines is 1. The molecule has 1 heterocycles. The van der Waals surface area contributed by atoms with Crippen LogP contribution in [0.15, 0.2) is 82.1 Å². The van der Waals surface area contributed by atoms with Crippen LogP contribution in [0.3, 0.4) is 0 Å². The zero-order valence-corrected chi connectivity index (χ0v) is 18.9. The van der Waals surface area contributed by atoms with Crippen LogP contribution in [0.4, 0.5) is 18.9 Å². The molecule has 0 radical (unpaired) electrons. The maximum Gasteiger partial charge on any atom is 0.417 e. The Kier molecular flexibility index (Phi) is 5.86. The van der Waals surface area contributed by atoms with Gasteiger partial charge in [0, 0.05) is 36.8 Å². The number of hydrogen-bond donors (Lipinski definition) is 1. The van der Waals surface area contributed by atoms with Crippen LogP contribution in [-0.2, 0) is 16.2 Å². The number of alkyl halides is 3. The first kappa shape index (κ1) is 23.4. The summed E-state index contributed by atoms with van der Waals surface area (Å²) in [5, 5.41) is -0.342. The van der Waals surface area contributed by atoms with Crippen LogP contribution in [0.1, 0.15) is 16.1 Å². The summed E-state index contributed by atoms with van der Waals surface area (Å²) in [6, 6.07) is 18.0. The molecule has 34 heavy (non-hydrogen) atoms. The van der Waals surface area contributed by atoms with Crippen LogP contribution in [0, 0.1) is 0 Å². The van der Waals surface area contributed by atoms with Crippen LogP contribution in [0.2, 0.25) is 0 Å². The van der Waals surface area contributed by atoms with Crippen molar-refractivity contribution in [1.29, 1.82) is 0 Å². The van der Waals surface area contributed by atoms with E-state index < -0.39 is 33.4 Å². The molecule has 6 nitrogen and oxygen atoms in total. The van der Waals surface area contributed by atoms with Crippen LogP contribution >= 0.6 is 0 Å². The fraction of sp³-hybridized carbons (Fsp3) is 0.125. The van der Waals surface area contributed by atoms with E-state index in [2.05, 4.69) is 0 Å². The summed E-state index contributed by atoms with van der Waals surface area (Å²) in [6.45, 7) is 0. The molecule has 4 aromatic rings. The number of carbonyl (C=O) groups is 1. The van der Waals surface area contributed by atoms with Gasteiger partial charge in [-0.15, -0.1) is 0 Å². The lowest BCUT2D eigenvalue weighted by Gasteiger charge is -2.15. The number of halogens is 3. The summed E-state index contributed by atoms with van der Waals surface area (Å²) in [4.78, 5) is 14.1. The Balaban J connectivity index is 1.73. The van der Waals surface area contributed by atoms with Crippen molar-refractivity contribution in [3.8, 4) is 11.1 Å². The zero-order chi connectivity index (χ0) is 24.7. The molecule has 3 aromatic carbocycles. The third-order valence-electron chi connectivity index (χ3n) is 5.16. The van der Waals surface area contributed by atoms with Gasteiger partial charge < -0.3 is 9.32 Å². The standard InChI is InChI=1S/C24H19F3N2O4S/c1-29(2)16-12-19(24(25,26)27)18-14-21(33-20(18)13-16)23(30)28-34(31,32)22-11-7-6-10-17(22)15-8-4-3-5-9-15/h3-14H,1-2H3,(H,28,30). The molecule has 0 bridgehead atoms. The lowest BCUT2D eigenvalue weighted by Crippen LogP contribution is -2.30. The molecule has 0 saturated carbocycles. The van der Waals surface area contributed by atoms with Gasteiger partial charge >= 0.3 is 12.1 Å². The Morgan fingerprint density at radius 2 is 1.59 bits per heavy atom. The molecule has 0 unspecified atom stereocenters. The summed E-state index contributed by atoms with van der Waals surface area (Å²) >= 11 is 0. The lowest BCUT2D eigenvalue weighted by atomic mass is 10.1. The average molecular weight is 488 g/mol. The minimum atomic E-state index is -4.71.